The molecule has 0 radical (unpaired) electrons. The van der Waals surface area contributed by atoms with Crippen molar-refractivity contribution >= 4 is 38.9 Å². The molecule has 0 amide bonds. The number of fused-ring (bicyclic) bond motifs is 1. The number of nitrogens with one attached hydrogen (secondary N) is 2. The van der Waals surface area contributed by atoms with Crippen LogP contribution in [0.25, 0.3) is 21.5 Å². The molecule has 0 aliphatic heterocycles. The average molecular weight is 339 g/mol. The summed E-state index contributed by atoms with van der Waals surface area (Å²) in [6.07, 6.45) is 3.12. The predicted molar refractivity (Wildman–Crippen MR) is 89.2 cm³/mol. The lowest BCUT2D eigenvalue weighted by Crippen LogP contribution is -1.91. The third-order valence-corrected chi connectivity index (χ3v) is 4.18. The van der Waals surface area contributed by atoms with Crippen molar-refractivity contribution < 1.29 is 4.92 Å². The Hall–Kier alpha value is -3.40. The Kier molecular flexibility index (Phi) is 3.35. The van der Waals surface area contributed by atoms with E-state index in [9.17, 15) is 10.1 Å². The zero-order chi connectivity index (χ0) is 16.5. The van der Waals surface area contributed by atoms with Crippen LogP contribution in [0.3, 0.4) is 0 Å². The van der Waals surface area contributed by atoms with Gasteiger partial charge in [0.2, 0.25) is 5.13 Å². The summed E-state index contributed by atoms with van der Waals surface area (Å²) < 4.78 is 0. The molecule has 0 bridgehead atoms. The van der Waals surface area contributed by atoms with Gasteiger partial charge in [-0.15, -0.1) is 10.2 Å². The van der Waals surface area contributed by atoms with Gasteiger partial charge < -0.3 is 15.4 Å². The zero-order valence-corrected chi connectivity index (χ0v) is 12.8. The predicted octanol–water partition coefficient (Wildman–Crippen LogP) is 3.13. The van der Waals surface area contributed by atoms with Crippen molar-refractivity contribution in [3.05, 3.63) is 52.8 Å². The molecule has 0 aliphatic carbocycles. The minimum Gasteiger partial charge on any atom is -0.358 e. The fourth-order valence-corrected chi connectivity index (χ4v) is 2.95. The van der Waals surface area contributed by atoms with E-state index in [1.807, 2.05) is 18.2 Å². The van der Waals surface area contributed by atoms with Crippen LogP contribution >= 0.6 is 11.3 Å². The van der Waals surface area contributed by atoms with Gasteiger partial charge in [0.05, 0.1) is 11.7 Å². The van der Waals surface area contributed by atoms with Gasteiger partial charge in [0.25, 0.3) is 0 Å². The standard InChI is InChI=1S/C14H9N7O2S/c22-21(23)12-6-8(3-4-15-12)13-19-20-14(24-13)17-10-1-2-11-9(5-10)7-16-18-11/h1-7H,(H,16,18)(H,17,20). The van der Waals surface area contributed by atoms with E-state index < -0.39 is 4.92 Å². The second-order valence-corrected chi connectivity index (χ2v) is 5.85. The molecule has 0 atom stereocenters. The number of pyridine rings is 1. The summed E-state index contributed by atoms with van der Waals surface area (Å²) in [6.45, 7) is 0. The van der Waals surface area contributed by atoms with Gasteiger partial charge in [-0.2, -0.15) is 5.10 Å². The smallest absolute Gasteiger partial charge is 0.358 e. The Labute approximate surface area is 138 Å². The van der Waals surface area contributed by atoms with Crippen LogP contribution in [0.5, 0.6) is 0 Å². The normalized spacial score (nSPS) is 10.8. The van der Waals surface area contributed by atoms with Crippen molar-refractivity contribution in [2.75, 3.05) is 5.32 Å². The van der Waals surface area contributed by atoms with Crippen LogP contribution in [0.1, 0.15) is 0 Å². The number of H-pyrrole nitrogens is 1. The molecule has 0 unspecified atom stereocenters. The highest BCUT2D eigenvalue weighted by molar-refractivity contribution is 7.18. The van der Waals surface area contributed by atoms with Gasteiger partial charge in [-0.1, -0.05) is 11.3 Å². The van der Waals surface area contributed by atoms with Crippen LogP contribution in [0.15, 0.2) is 42.7 Å². The van der Waals surface area contributed by atoms with Gasteiger partial charge in [-0.05, 0) is 34.2 Å². The monoisotopic (exact) mass is 339 g/mol. The first-order chi connectivity index (χ1) is 11.7. The minimum atomic E-state index is -0.538. The summed E-state index contributed by atoms with van der Waals surface area (Å²) in [5.74, 6) is -0.220. The van der Waals surface area contributed by atoms with Gasteiger partial charge in [0, 0.05) is 22.7 Å². The molecule has 1 aromatic carbocycles. The highest BCUT2D eigenvalue weighted by Crippen LogP contribution is 2.30. The lowest BCUT2D eigenvalue weighted by atomic mass is 10.2. The van der Waals surface area contributed by atoms with Crippen LogP contribution in [0.2, 0.25) is 0 Å². The van der Waals surface area contributed by atoms with Crippen molar-refractivity contribution in [1.82, 2.24) is 25.4 Å². The molecule has 3 aromatic heterocycles. The highest BCUT2D eigenvalue weighted by Gasteiger charge is 2.13. The van der Waals surface area contributed by atoms with E-state index in [-0.39, 0.29) is 5.82 Å². The Morgan fingerprint density at radius 3 is 3.00 bits per heavy atom. The van der Waals surface area contributed by atoms with Gasteiger partial charge >= 0.3 is 5.82 Å². The lowest BCUT2D eigenvalue weighted by Gasteiger charge is -2.01. The molecule has 0 saturated carbocycles. The van der Waals surface area contributed by atoms with E-state index in [0.29, 0.717) is 15.7 Å². The van der Waals surface area contributed by atoms with Crippen molar-refractivity contribution in [2.45, 2.75) is 0 Å². The molecule has 24 heavy (non-hydrogen) atoms. The summed E-state index contributed by atoms with van der Waals surface area (Å²) in [6, 6.07) is 8.80. The number of rotatable bonds is 4. The van der Waals surface area contributed by atoms with Gasteiger partial charge in [-0.25, -0.2) is 0 Å². The molecule has 2 N–H and O–H groups in total. The number of nitrogens with zero attached hydrogens (tertiary/aromatic N) is 5. The zero-order valence-electron chi connectivity index (χ0n) is 12.0. The van der Waals surface area contributed by atoms with Crippen molar-refractivity contribution in [3.8, 4) is 10.6 Å². The molecule has 10 heteroatoms. The number of hydrogen-bond acceptors (Lipinski definition) is 8. The second-order valence-electron chi connectivity index (χ2n) is 4.87. The fourth-order valence-electron chi connectivity index (χ4n) is 2.19. The van der Waals surface area contributed by atoms with Gasteiger partial charge in [-0.3, -0.25) is 5.10 Å². The SMILES string of the molecule is O=[N+]([O-])c1cc(-c2nnc(Nc3ccc4[nH]ncc4c3)s2)ccn1. The van der Waals surface area contributed by atoms with E-state index >= 15 is 0 Å². The maximum absolute atomic E-state index is 10.8. The van der Waals surface area contributed by atoms with E-state index in [1.165, 1.54) is 23.6 Å². The number of benzene rings is 1. The summed E-state index contributed by atoms with van der Waals surface area (Å²) in [5, 5.41) is 31.1. The topological polar surface area (TPSA) is 123 Å². The number of aromatic amines is 1. The first-order valence-electron chi connectivity index (χ1n) is 6.83. The molecule has 4 rings (SSSR count). The van der Waals surface area contributed by atoms with E-state index in [2.05, 4.69) is 30.7 Å². The number of aromatic nitrogens is 5. The molecule has 9 nitrogen and oxygen atoms in total. The first-order valence-corrected chi connectivity index (χ1v) is 7.65. The average Bonchev–Trinajstić information content (AvgIpc) is 3.24. The summed E-state index contributed by atoms with van der Waals surface area (Å²) in [7, 11) is 0. The number of hydrogen-bond donors (Lipinski definition) is 2. The largest absolute Gasteiger partial charge is 0.364 e. The Morgan fingerprint density at radius 1 is 1.21 bits per heavy atom. The van der Waals surface area contributed by atoms with E-state index in [0.717, 1.165) is 16.6 Å². The molecule has 3 heterocycles. The van der Waals surface area contributed by atoms with Crippen LogP contribution in [-0.2, 0) is 0 Å². The number of nitro groups is 1. The Morgan fingerprint density at radius 2 is 2.12 bits per heavy atom. The number of anilines is 2. The van der Waals surface area contributed by atoms with Crippen LogP contribution < -0.4 is 5.32 Å². The maximum atomic E-state index is 10.8. The molecule has 4 aromatic rings. The van der Waals surface area contributed by atoms with Crippen molar-refractivity contribution in [3.63, 3.8) is 0 Å². The maximum Gasteiger partial charge on any atom is 0.364 e. The Bertz CT molecular complexity index is 1040. The second kappa shape index (κ2) is 5.66. The van der Waals surface area contributed by atoms with Crippen molar-refractivity contribution in [1.29, 1.82) is 0 Å². The van der Waals surface area contributed by atoms with E-state index in [1.54, 1.807) is 12.3 Å². The summed E-state index contributed by atoms with van der Waals surface area (Å²) in [4.78, 5) is 14.0. The third-order valence-electron chi connectivity index (χ3n) is 3.30. The highest BCUT2D eigenvalue weighted by atomic mass is 32.1. The van der Waals surface area contributed by atoms with E-state index in [4.69, 9.17) is 0 Å². The first kappa shape index (κ1) is 14.2. The molecule has 118 valence electrons. The quantitative estimate of drug-likeness (QED) is 0.432. The summed E-state index contributed by atoms with van der Waals surface area (Å²) in [5.41, 5.74) is 2.41. The fraction of sp³-hybridized carbons (Fsp3) is 0. The van der Waals surface area contributed by atoms with Crippen LogP contribution in [-0.4, -0.2) is 30.3 Å². The Balaban J connectivity index is 1.60. The lowest BCUT2D eigenvalue weighted by molar-refractivity contribution is -0.389. The van der Waals surface area contributed by atoms with Crippen LogP contribution in [0, 0.1) is 10.1 Å². The van der Waals surface area contributed by atoms with Crippen LogP contribution in [0.4, 0.5) is 16.6 Å². The molecule has 0 fully saturated rings. The summed E-state index contributed by atoms with van der Waals surface area (Å²) >= 11 is 1.30. The molecule has 0 spiro atoms. The van der Waals surface area contributed by atoms with Gasteiger partial charge in [0.15, 0.2) is 0 Å². The molecular formula is C14H9N7O2S. The molecule has 0 aliphatic rings. The van der Waals surface area contributed by atoms with Crippen molar-refractivity contribution in [2.24, 2.45) is 0 Å². The van der Waals surface area contributed by atoms with Gasteiger partial charge in [0.1, 0.15) is 11.2 Å². The molecular weight excluding hydrogens is 330 g/mol. The minimum absolute atomic E-state index is 0.220. The third kappa shape index (κ3) is 2.65. The molecule has 0 saturated heterocycles.